The second-order valence-electron chi connectivity index (χ2n) is 6.19. The largest absolute Gasteiger partial charge is 0.354 e. The SMILES string of the molecule is CN(C1CCCCC1)S(=O)(=O)c1ccc(SCC(=O)NCCC#N)nc1. The van der Waals surface area contributed by atoms with E-state index in [0.717, 1.165) is 25.7 Å². The number of rotatable bonds is 8. The summed E-state index contributed by atoms with van der Waals surface area (Å²) in [5, 5.41) is 11.6. The van der Waals surface area contributed by atoms with Crippen LogP contribution in [0.5, 0.6) is 0 Å². The van der Waals surface area contributed by atoms with Crippen molar-refractivity contribution in [3.63, 3.8) is 0 Å². The van der Waals surface area contributed by atoms with E-state index in [2.05, 4.69) is 10.3 Å². The first-order valence-corrected chi connectivity index (χ1v) is 11.1. The molecule has 0 aliphatic heterocycles. The maximum Gasteiger partial charge on any atom is 0.244 e. The maximum atomic E-state index is 12.7. The molecule has 26 heavy (non-hydrogen) atoms. The lowest BCUT2D eigenvalue weighted by Gasteiger charge is -2.30. The third-order valence-corrected chi connectivity index (χ3v) is 7.22. The number of sulfonamides is 1. The van der Waals surface area contributed by atoms with Crippen molar-refractivity contribution in [2.45, 2.75) is 54.5 Å². The van der Waals surface area contributed by atoms with E-state index in [9.17, 15) is 13.2 Å². The summed E-state index contributed by atoms with van der Waals surface area (Å²) in [5.74, 6) is -0.00672. The average molecular weight is 397 g/mol. The molecule has 0 aromatic carbocycles. The number of nitrogens with one attached hydrogen (secondary N) is 1. The molecule has 1 heterocycles. The Kier molecular flexibility index (Phi) is 7.87. The lowest BCUT2D eigenvalue weighted by Crippen LogP contribution is -2.38. The molecule has 0 unspecified atom stereocenters. The smallest absolute Gasteiger partial charge is 0.244 e. The van der Waals surface area contributed by atoms with Gasteiger partial charge in [-0.25, -0.2) is 13.4 Å². The molecular formula is C17H24N4O3S2. The van der Waals surface area contributed by atoms with Crippen LogP contribution in [0.25, 0.3) is 0 Å². The summed E-state index contributed by atoms with van der Waals surface area (Å²) in [6, 6.07) is 5.17. The van der Waals surface area contributed by atoms with E-state index in [4.69, 9.17) is 5.26 Å². The first-order valence-electron chi connectivity index (χ1n) is 8.65. The standard InChI is InChI=1S/C17H24N4O3S2/c1-21(14-6-3-2-4-7-14)26(23,24)15-8-9-17(20-12-15)25-13-16(22)19-11-5-10-18/h8-9,12,14H,2-7,11,13H2,1H3,(H,19,22). The number of pyridine rings is 1. The maximum absolute atomic E-state index is 12.7. The Morgan fingerprint density at radius 1 is 1.38 bits per heavy atom. The highest BCUT2D eigenvalue weighted by Crippen LogP contribution is 2.26. The molecule has 0 atom stereocenters. The molecular weight excluding hydrogens is 372 g/mol. The lowest BCUT2D eigenvalue weighted by molar-refractivity contribution is -0.118. The van der Waals surface area contributed by atoms with E-state index in [-0.39, 0.29) is 29.0 Å². The Hall–Kier alpha value is -1.63. The number of nitrogens with zero attached hydrogens (tertiary/aromatic N) is 3. The van der Waals surface area contributed by atoms with Crippen LogP contribution in [0.4, 0.5) is 0 Å². The van der Waals surface area contributed by atoms with Crippen molar-refractivity contribution in [1.29, 1.82) is 5.26 Å². The van der Waals surface area contributed by atoms with Gasteiger partial charge in [0.2, 0.25) is 15.9 Å². The van der Waals surface area contributed by atoms with Crippen LogP contribution in [-0.4, -0.2) is 49.0 Å². The predicted molar refractivity (Wildman–Crippen MR) is 100 cm³/mol. The second kappa shape index (κ2) is 9.90. The second-order valence-corrected chi connectivity index (χ2v) is 9.19. The zero-order chi connectivity index (χ0) is 19.0. The van der Waals surface area contributed by atoms with E-state index >= 15 is 0 Å². The van der Waals surface area contributed by atoms with Gasteiger partial charge in [-0.1, -0.05) is 31.0 Å². The molecule has 0 radical (unpaired) electrons. The van der Waals surface area contributed by atoms with E-state index in [0.29, 0.717) is 11.6 Å². The van der Waals surface area contributed by atoms with Crippen LogP contribution in [0.2, 0.25) is 0 Å². The number of carbonyl (C=O) groups is 1. The van der Waals surface area contributed by atoms with Crippen molar-refractivity contribution in [1.82, 2.24) is 14.6 Å². The molecule has 1 aliphatic rings. The third kappa shape index (κ3) is 5.69. The molecule has 1 amide bonds. The highest BCUT2D eigenvalue weighted by molar-refractivity contribution is 7.99. The molecule has 1 fully saturated rings. The minimum atomic E-state index is -3.55. The van der Waals surface area contributed by atoms with Gasteiger partial charge in [-0.05, 0) is 25.0 Å². The van der Waals surface area contributed by atoms with Crippen molar-refractivity contribution in [3.8, 4) is 6.07 Å². The van der Waals surface area contributed by atoms with Gasteiger partial charge in [0.1, 0.15) is 4.90 Å². The summed E-state index contributed by atoms with van der Waals surface area (Å²) in [5.41, 5.74) is 0. The molecule has 1 aromatic heterocycles. The first-order chi connectivity index (χ1) is 12.4. The Balaban J connectivity index is 1.93. The zero-order valence-electron chi connectivity index (χ0n) is 14.8. The van der Waals surface area contributed by atoms with E-state index in [1.54, 1.807) is 13.1 Å². The van der Waals surface area contributed by atoms with Gasteiger partial charge in [0, 0.05) is 25.8 Å². The van der Waals surface area contributed by atoms with Crippen LogP contribution in [0.3, 0.4) is 0 Å². The van der Waals surface area contributed by atoms with Gasteiger partial charge in [-0.2, -0.15) is 9.57 Å². The Morgan fingerprint density at radius 3 is 2.73 bits per heavy atom. The molecule has 7 nitrogen and oxygen atoms in total. The fourth-order valence-electron chi connectivity index (χ4n) is 2.86. The lowest BCUT2D eigenvalue weighted by atomic mass is 9.96. The van der Waals surface area contributed by atoms with Crippen molar-refractivity contribution in [2.75, 3.05) is 19.3 Å². The van der Waals surface area contributed by atoms with E-state index in [1.165, 1.54) is 34.8 Å². The first kappa shape index (κ1) is 20.7. The van der Waals surface area contributed by atoms with Crippen LogP contribution in [0.15, 0.2) is 28.3 Å². The van der Waals surface area contributed by atoms with Gasteiger partial charge in [0.05, 0.1) is 23.3 Å². The van der Waals surface area contributed by atoms with Crippen LogP contribution >= 0.6 is 11.8 Å². The molecule has 0 bridgehead atoms. The molecule has 1 aliphatic carbocycles. The van der Waals surface area contributed by atoms with Crippen molar-refractivity contribution < 1.29 is 13.2 Å². The summed E-state index contributed by atoms with van der Waals surface area (Å²) in [4.78, 5) is 16.0. The topological polar surface area (TPSA) is 103 Å². The minimum Gasteiger partial charge on any atom is -0.354 e. The Labute approximate surface area is 159 Å². The molecule has 1 N–H and O–H groups in total. The average Bonchev–Trinajstić information content (AvgIpc) is 2.67. The van der Waals surface area contributed by atoms with Crippen LogP contribution in [0.1, 0.15) is 38.5 Å². The number of hydrogen-bond donors (Lipinski definition) is 1. The number of amides is 1. The fraction of sp³-hybridized carbons (Fsp3) is 0.588. The van der Waals surface area contributed by atoms with E-state index in [1.807, 2.05) is 6.07 Å². The Bertz CT molecular complexity index is 738. The van der Waals surface area contributed by atoms with Crippen LogP contribution in [0, 0.1) is 11.3 Å². The molecule has 0 spiro atoms. The number of thioether (sulfide) groups is 1. The normalized spacial score (nSPS) is 15.6. The molecule has 2 rings (SSSR count). The molecule has 142 valence electrons. The Morgan fingerprint density at radius 2 is 2.12 bits per heavy atom. The number of aromatic nitrogens is 1. The van der Waals surface area contributed by atoms with Crippen molar-refractivity contribution >= 4 is 27.7 Å². The number of carbonyl (C=O) groups excluding carboxylic acids is 1. The number of hydrogen-bond acceptors (Lipinski definition) is 6. The van der Waals surface area contributed by atoms with Crippen molar-refractivity contribution in [2.24, 2.45) is 0 Å². The number of nitriles is 1. The van der Waals surface area contributed by atoms with Gasteiger partial charge in [0.25, 0.3) is 0 Å². The summed E-state index contributed by atoms with van der Waals surface area (Å²) in [7, 11) is -1.91. The molecule has 1 aromatic rings. The van der Waals surface area contributed by atoms with Gasteiger partial charge < -0.3 is 5.32 Å². The van der Waals surface area contributed by atoms with Crippen LogP contribution in [-0.2, 0) is 14.8 Å². The van der Waals surface area contributed by atoms with Gasteiger partial charge in [-0.3, -0.25) is 4.79 Å². The van der Waals surface area contributed by atoms with Gasteiger partial charge in [0.15, 0.2) is 0 Å². The summed E-state index contributed by atoms with van der Waals surface area (Å²) < 4.78 is 27.0. The molecule has 0 saturated heterocycles. The summed E-state index contributed by atoms with van der Waals surface area (Å²) >= 11 is 1.23. The van der Waals surface area contributed by atoms with Gasteiger partial charge in [-0.15, -0.1) is 0 Å². The van der Waals surface area contributed by atoms with Crippen molar-refractivity contribution in [3.05, 3.63) is 18.3 Å². The quantitative estimate of drug-likeness (QED) is 0.533. The summed E-state index contributed by atoms with van der Waals surface area (Å²) in [6.45, 7) is 0.327. The third-order valence-electron chi connectivity index (χ3n) is 4.39. The van der Waals surface area contributed by atoms with Crippen LogP contribution < -0.4 is 5.32 Å². The molecule has 9 heteroatoms. The fourth-order valence-corrected chi connectivity index (χ4v) is 4.89. The van der Waals surface area contributed by atoms with E-state index < -0.39 is 10.0 Å². The highest BCUT2D eigenvalue weighted by Gasteiger charge is 2.29. The highest BCUT2D eigenvalue weighted by atomic mass is 32.2. The monoisotopic (exact) mass is 396 g/mol. The minimum absolute atomic E-state index is 0.0555. The summed E-state index contributed by atoms with van der Waals surface area (Å²) in [6.07, 6.45) is 6.72. The molecule has 1 saturated carbocycles. The predicted octanol–water partition coefficient (Wildman–Crippen LogP) is 2.16. The van der Waals surface area contributed by atoms with Gasteiger partial charge >= 0.3 is 0 Å². The zero-order valence-corrected chi connectivity index (χ0v) is 16.5.